The molecule has 3 aromatic carbocycles. The molecular formula is C30H25F4NO3. The lowest BCUT2D eigenvalue weighted by molar-refractivity contribution is -0.137. The second-order valence-electron chi connectivity index (χ2n) is 10.4. The Balaban J connectivity index is 1.15. The number of halogens is 4. The summed E-state index contributed by atoms with van der Waals surface area (Å²) in [4.78, 5) is 28.0. The largest absolute Gasteiger partial charge is 0.448 e. The lowest BCUT2D eigenvalue weighted by atomic mass is 9.84. The Hall–Kier alpha value is -3.68. The van der Waals surface area contributed by atoms with E-state index in [4.69, 9.17) is 4.74 Å². The van der Waals surface area contributed by atoms with Crippen LogP contribution in [-0.2, 0) is 10.9 Å². The number of hydrogen-bond donors (Lipinski definition) is 0. The highest BCUT2D eigenvalue weighted by atomic mass is 19.4. The Morgan fingerprint density at radius 3 is 2.03 bits per heavy atom. The Kier molecular flexibility index (Phi) is 6.00. The summed E-state index contributed by atoms with van der Waals surface area (Å²) >= 11 is 0. The maximum absolute atomic E-state index is 13.9. The van der Waals surface area contributed by atoms with Crippen molar-refractivity contribution in [1.29, 1.82) is 0 Å². The van der Waals surface area contributed by atoms with Gasteiger partial charge >= 0.3 is 12.3 Å². The molecule has 2 fully saturated rings. The summed E-state index contributed by atoms with van der Waals surface area (Å²) in [6.45, 7) is 0.189. The van der Waals surface area contributed by atoms with Crippen LogP contribution < -0.4 is 0 Å². The number of amides is 1. The molecule has 2 atom stereocenters. The number of benzene rings is 3. The number of ketones is 1. The third-order valence-corrected chi connectivity index (χ3v) is 8.16. The number of nitrogens with zero attached hydrogens (tertiary/aromatic N) is 1. The van der Waals surface area contributed by atoms with E-state index in [9.17, 15) is 27.2 Å². The van der Waals surface area contributed by atoms with Crippen LogP contribution in [0.1, 0.15) is 58.6 Å². The van der Waals surface area contributed by atoms with Crippen molar-refractivity contribution in [1.82, 2.24) is 4.90 Å². The van der Waals surface area contributed by atoms with Gasteiger partial charge in [0.2, 0.25) is 0 Å². The number of ether oxygens (including phenoxy) is 1. The van der Waals surface area contributed by atoms with Gasteiger partial charge < -0.3 is 9.64 Å². The van der Waals surface area contributed by atoms with E-state index in [0.717, 1.165) is 28.3 Å². The highest BCUT2D eigenvalue weighted by molar-refractivity contribution is 5.98. The number of carbonyl (C=O) groups is 2. The SMILES string of the molecule is O=C(c1cc(F)cc(C(F)(F)F)c1)C1CC2CCC(C1)N2C(=O)OCC1c2ccccc2-c2ccccc21. The van der Waals surface area contributed by atoms with Crippen LogP contribution in [0.25, 0.3) is 11.1 Å². The highest BCUT2D eigenvalue weighted by Crippen LogP contribution is 2.45. The molecule has 1 amide bonds. The Bertz CT molecular complexity index is 1360. The average Bonchev–Trinajstić information content (AvgIpc) is 3.36. The molecule has 0 saturated carbocycles. The molecule has 2 bridgehead atoms. The summed E-state index contributed by atoms with van der Waals surface area (Å²) in [5, 5.41) is 0. The molecule has 1 aliphatic carbocycles. The van der Waals surface area contributed by atoms with Gasteiger partial charge in [0.15, 0.2) is 5.78 Å². The monoisotopic (exact) mass is 523 g/mol. The number of rotatable bonds is 4. The van der Waals surface area contributed by atoms with Crippen molar-refractivity contribution in [2.24, 2.45) is 5.92 Å². The zero-order chi connectivity index (χ0) is 26.6. The van der Waals surface area contributed by atoms with Crippen LogP contribution in [0, 0.1) is 11.7 Å². The van der Waals surface area contributed by atoms with Gasteiger partial charge in [-0.2, -0.15) is 13.2 Å². The fraction of sp³-hybridized carbons (Fsp3) is 0.333. The van der Waals surface area contributed by atoms with Crippen molar-refractivity contribution in [2.75, 3.05) is 6.61 Å². The minimum atomic E-state index is -4.75. The molecule has 6 rings (SSSR count). The van der Waals surface area contributed by atoms with Gasteiger partial charge in [-0.05, 0) is 66.1 Å². The van der Waals surface area contributed by atoms with Crippen LogP contribution in [0.2, 0.25) is 0 Å². The van der Waals surface area contributed by atoms with Crippen molar-refractivity contribution in [3.8, 4) is 11.1 Å². The van der Waals surface area contributed by atoms with Crippen molar-refractivity contribution in [3.63, 3.8) is 0 Å². The fourth-order valence-electron chi connectivity index (χ4n) is 6.49. The van der Waals surface area contributed by atoms with Gasteiger partial charge in [-0.1, -0.05) is 48.5 Å². The summed E-state index contributed by atoms with van der Waals surface area (Å²) < 4.78 is 59.2. The predicted molar refractivity (Wildman–Crippen MR) is 132 cm³/mol. The van der Waals surface area contributed by atoms with Gasteiger partial charge in [0.1, 0.15) is 12.4 Å². The molecule has 0 spiro atoms. The van der Waals surface area contributed by atoms with E-state index in [-0.39, 0.29) is 30.2 Å². The number of alkyl halides is 3. The maximum atomic E-state index is 13.9. The molecule has 0 aromatic heterocycles. The Labute approximate surface area is 217 Å². The van der Waals surface area contributed by atoms with Crippen molar-refractivity contribution in [3.05, 3.63) is 94.8 Å². The van der Waals surface area contributed by atoms with Gasteiger partial charge in [0.05, 0.1) is 5.56 Å². The van der Waals surface area contributed by atoms with Crippen LogP contribution in [0.3, 0.4) is 0 Å². The lowest BCUT2D eigenvalue weighted by Crippen LogP contribution is -2.48. The Morgan fingerprint density at radius 2 is 1.45 bits per heavy atom. The molecule has 0 N–H and O–H groups in total. The normalized spacial score (nSPS) is 22.2. The van der Waals surface area contributed by atoms with Gasteiger partial charge in [0, 0.05) is 29.5 Å². The second-order valence-corrected chi connectivity index (χ2v) is 10.4. The number of hydrogen-bond acceptors (Lipinski definition) is 3. The fourth-order valence-corrected chi connectivity index (χ4v) is 6.49. The van der Waals surface area contributed by atoms with Crippen LogP contribution in [0.5, 0.6) is 0 Å². The molecule has 2 aliphatic heterocycles. The van der Waals surface area contributed by atoms with E-state index in [1.165, 1.54) is 0 Å². The first-order chi connectivity index (χ1) is 18.2. The van der Waals surface area contributed by atoms with Gasteiger partial charge in [-0.25, -0.2) is 9.18 Å². The quantitative estimate of drug-likeness (QED) is 0.268. The molecule has 196 valence electrons. The number of piperidine rings is 1. The summed E-state index contributed by atoms with van der Waals surface area (Å²) in [6.07, 6.45) is -3.17. The number of fused-ring (bicyclic) bond motifs is 5. The third-order valence-electron chi connectivity index (χ3n) is 8.16. The van der Waals surface area contributed by atoms with Gasteiger partial charge in [0.25, 0.3) is 0 Å². The van der Waals surface area contributed by atoms with E-state index in [0.29, 0.717) is 37.8 Å². The molecule has 2 unspecified atom stereocenters. The highest BCUT2D eigenvalue weighted by Gasteiger charge is 2.46. The van der Waals surface area contributed by atoms with Crippen LogP contribution >= 0.6 is 0 Å². The zero-order valence-corrected chi connectivity index (χ0v) is 20.4. The first-order valence-corrected chi connectivity index (χ1v) is 12.8. The second kappa shape index (κ2) is 9.26. The predicted octanol–water partition coefficient (Wildman–Crippen LogP) is 7.22. The number of carbonyl (C=O) groups excluding carboxylic acids is 2. The summed E-state index contributed by atoms with van der Waals surface area (Å²) in [6, 6.07) is 17.6. The first-order valence-electron chi connectivity index (χ1n) is 12.8. The molecule has 2 heterocycles. The van der Waals surface area contributed by atoms with Crippen LogP contribution in [0.15, 0.2) is 66.7 Å². The molecule has 4 nitrogen and oxygen atoms in total. The molecule has 2 saturated heterocycles. The number of Topliss-reactive ketones (excluding diaryl/α,β-unsaturated/α-hetero) is 1. The van der Waals surface area contributed by atoms with E-state index < -0.39 is 35.4 Å². The van der Waals surface area contributed by atoms with Gasteiger partial charge in [-0.15, -0.1) is 0 Å². The topological polar surface area (TPSA) is 46.6 Å². The Morgan fingerprint density at radius 1 is 0.868 bits per heavy atom. The third kappa shape index (κ3) is 4.25. The van der Waals surface area contributed by atoms with Crippen LogP contribution in [-0.4, -0.2) is 35.5 Å². The summed E-state index contributed by atoms with van der Waals surface area (Å²) in [7, 11) is 0. The molecule has 3 aromatic rings. The molecule has 3 aliphatic rings. The first kappa shape index (κ1) is 24.6. The molecular weight excluding hydrogens is 498 g/mol. The molecule has 38 heavy (non-hydrogen) atoms. The van der Waals surface area contributed by atoms with E-state index >= 15 is 0 Å². The van der Waals surface area contributed by atoms with Crippen molar-refractivity contribution >= 4 is 11.9 Å². The van der Waals surface area contributed by atoms with E-state index in [1.807, 2.05) is 36.4 Å². The summed E-state index contributed by atoms with van der Waals surface area (Å²) in [5.41, 5.74) is 3.03. The van der Waals surface area contributed by atoms with Crippen molar-refractivity contribution < 1.29 is 31.9 Å². The zero-order valence-electron chi connectivity index (χ0n) is 20.4. The maximum Gasteiger partial charge on any atom is 0.416 e. The lowest BCUT2D eigenvalue weighted by Gasteiger charge is -2.37. The molecule has 8 heteroatoms. The van der Waals surface area contributed by atoms with E-state index in [2.05, 4.69) is 12.1 Å². The van der Waals surface area contributed by atoms with Crippen molar-refractivity contribution in [2.45, 2.75) is 49.9 Å². The van der Waals surface area contributed by atoms with Gasteiger partial charge in [-0.3, -0.25) is 4.79 Å². The van der Waals surface area contributed by atoms with Crippen LogP contribution in [0.4, 0.5) is 22.4 Å². The average molecular weight is 524 g/mol. The smallest absolute Gasteiger partial charge is 0.416 e. The standard InChI is InChI=1S/C30H25F4NO3/c31-20-12-17(11-19(15-20)30(32,33)34)28(36)18-13-21-9-10-22(14-18)35(21)29(37)38-16-27-25-7-3-1-5-23(25)24-6-2-4-8-26(24)27/h1-8,11-12,15,18,21-22,27H,9-10,13-14,16H2. The van der Waals surface area contributed by atoms with E-state index in [1.54, 1.807) is 4.90 Å². The molecule has 0 radical (unpaired) electrons. The minimum Gasteiger partial charge on any atom is -0.448 e. The minimum absolute atomic E-state index is 0.0704. The summed E-state index contributed by atoms with van der Waals surface area (Å²) in [5.74, 6) is -2.26.